The smallest absolute Gasteiger partial charge is 0.240 e. The molecule has 3 N–H and O–H groups in total. The third kappa shape index (κ3) is 4.73. The number of halogens is 1. The van der Waals surface area contributed by atoms with E-state index in [0.29, 0.717) is 0 Å². The number of hydrogen-bond donors (Lipinski definition) is 2. The van der Waals surface area contributed by atoms with Gasteiger partial charge < -0.3 is 15.8 Å². The zero-order valence-electron chi connectivity index (χ0n) is 10.3. The van der Waals surface area contributed by atoms with E-state index in [1.807, 2.05) is 31.2 Å². The Morgan fingerprint density at radius 2 is 2.06 bits per heavy atom. The number of anilines is 1. The normalized spacial score (nSPS) is 13.4. The van der Waals surface area contributed by atoms with Crippen molar-refractivity contribution in [3.05, 3.63) is 29.8 Å². The highest BCUT2D eigenvalue weighted by atomic mass is 35.5. The summed E-state index contributed by atoms with van der Waals surface area (Å²) >= 11 is 0. The number of benzene rings is 1. The number of carbonyl (C=O) groups is 1. The van der Waals surface area contributed by atoms with Crippen molar-refractivity contribution in [3.8, 4) is 0 Å². The first-order valence-corrected chi connectivity index (χ1v) is 5.23. The fraction of sp³-hybridized carbons (Fsp3) is 0.417. The van der Waals surface area contributed by atoms with Crippen LogP contribution in [0.1, 0.15) is 25.5 Å². The Labute approximate surface area is 108 Å². The minimum atomic E-state index is -0.511. The number of nitrogens with one attached hydrogen (secondary N) is 1. The molecule has 0 aliphatic rings. The lowest BCUT2D eigenvalue weighted by atomic mass is 10.1. The second-order valence-corrected chi connectivity index (χ2v) is 3.78. The molecule has 2 atom stereocenters. The maximum atomic E-state index is 11.4. The number of nitrogens with two attached hydrogens (primary N) is 1. The molecule has 5 heteroatoms. The lowest BCUT2D eigenvalue weighted by Gasteiger charge is -2.12. The van der Waals surface area contributed by atoms with E-state index in [4.69, 9.17) is 10.5 Å². The zero-order chi connectivity index (χ0) is 12.1. The number of methoxy groups -OCH3 is 1. The van der Waals surface area contributed by atoms with E-state index in [2.05, 4.69) is 5.32 Å². The van der Waals surface area contributed by atoms with Gasteiger partial charge >= 0.3 is 0 Å². The first-order chi connectivity index (χ1) is 7.54. The summed E-state index contributed by atoms with van der Waals surface area (Å²) in [4.78, 5) is 11.4. The van der Waals surface area contributed by atoms with Crippen molar-refractivity contribution < 1.29 is 9.53 Å². The quantitative estimate of drug-likeness (QED) is 0.869. The van der Waals surface area contributed by atoms with Crippen LogP contribution in [0.3, 0.4) is 0 Å². The number of rotatable bonds is 4. The molecule has 0 radical (unpaired) electrons. The fourth-order valence-corrected chi connectivity index (χ4v) is 1.26. The average molecular weight is 259 g/mol. The summed E-state index contributed by atoms with van der Waals surface area (Å²) < 4.78 is 5.21. The van der Waals surface area contributed by atoms with Gasteiger partial charge in [-0.2, -0.15) is 0 Å². The van der Waals surface area contributed by atoms with E-state index in [0.717, 1.165) is 11.3 Å². The summed E-state index contributed by atoms with van der Waals surface area (Å²) in [5, 5.41) is 2.74. The van der Waals surface area contributed by atoms with Crippen molar-refractivity contribution in [1.29, 1.82) is 0 Å². The molecule has 4 nitrogen and oxygen atoms in total. The third-order valence-corrected chi connectivity index (χ3v) is 2.39. The molecule has 17 heavy (non-hydrogen) atoms. The topological polar surface area (TPSA) is 64.3 Å². The van der Waals surface area contributed by atoms with Gasteiger partial charge in [0.1, 0.15) is 0 Å². The van der Waals surface area contributed by atoms with Crippen LogP contribution in [-0.4, -0.2) is 19.1 Å². The Balaban J connectivity index is 0.00000256. The molecule has 0 saturated heterocycles. The second-order valence-electron chi connectivity index (χ2n) is 3.78. The molecule has 0 bridgehead atoms. The first-order valence-electron chi connectivity index (χ1n) is 5.23. The predicted molar refractivity (Wildman–Crippen MR) is 71.4 cm³/mol. The van der Waals surface area contributed by atoms with E-state index in [1.54, 1.807) is 14.0 Å². The van der Waals surface area contributed by atoms with Crippen LogP contribution in [0.2, 0.25) is 0 Å². The van der Waals surface area contributed by atoms with E-state index in [9.17, 15) is 4.79 Å². The summed E-state index contributed by atoms with van der Waals surface area (Å²) in [6.45, 7) is 3.60. The summed E-state index contributed by atoms with van der Waals surface area (Å²) in [5.41, 5.74) is 7.23. The standard InChI is InChI=1S/C12H18N2O2.ClH/c1-8(13)12(15)14-11-6-4-5-10(7-11)9(2)16-3;/h4-9H,13H2,1-3H3,(H,14,15);1H/t8-,9?;/m0./s1. The third-order valence-electron chi connectivity index (χ3n) is 2.39. The van der Waals surface area contributed by atoms with Crippen LogP contribution in [0.25, 0.3) is 0 Å². The molecule has 0 aliphatic heterocycles. The Hall–Kier alpha value is -1.10. The summed E-state index contributed by atoms with van der Waals surface area (Å²) in [5.74, 6) is -0.192. The molecule has 0 saturated carbocycles. The number of hydrogen-bond acceptors (Lipinski definition) is 3. The van der Waals surface area contributed by atoms with Crippen LogP contribution in [0.4, 0.5) is 5.69 Å². The zero-order valence-corrected chi connectivity index (χ0v) is 11.1. The highest BCUT2D eigenvalue weighted by Gasteiger charge is 2.09. The molecule has 96 valence electrons. The average Bonchev–Trinajstić information content (AvgIpc) is 2.28. The molecule has 0 aromatic heterocycles. The first kappa shape index (κ1) is 15.9. The van der Waals surface area contributed by atoms with Crippen LogP contribution in [-0.2, 0) is 9.53 Å². The molecule has 1 amide bonds. The molecular formula is C12H19ClN2O2. The highest BCUT2D eigenvalue weighted by molar-refractivity contribution is 5.94. The lowest BCUT2D eigenvalue weighted by molar-refractivity contribution is -0.117. The van der Waals surface area contributed by atoms with Crippen LogP contribution in [0, 0.1) is 0 Å². The van der Waals surface area contributed by atoms with Gasteiger partial charge in [-0.15, -0.1) is 12.4 Å². The Bertz CT molecular complexity index is 369. The van der Waals surface area contributed by atoms with Gasteiger partial charge in [-0.1, -0.05) is 12.1 Å². The van der Waals surface area contributed by atoms with E-state index >= 15 is 0 Å². The van der Waals surface area contributed by atoms with E-state index in [-0.39, 0.29) is 24.4 Å². The molecule has 0 spiro atoms. The summed E-state index contributed by atoms with van der Waals surface area (Å²) in [7, 11) is 1.65. The molecule has 1 aromatic carbocycles. The molecule has 0 aliphatic carbocycles. The van der Waals surface area contributed by atoms with Gasteiger partial charge in [0.15, 0.2) is 0 Å². The fourth-order valence-electron chi connectivity index (χ4n) is 1.26. The lowest BCUT2D eigenvalue weighted by Crippen LogP contribution is -2.32. The molecule has 0 heterocycles. The van der Waals surface area contributed by atoms with Gasteiger partial charge in [-0.25, -0.2) is 0 Å². The SMILES string of the molecule is COC(C)c1cccc(NC(=O)[C@H](C)N)c1.Cl. The van der Waals surface area contributed by atoms with Crippen LogP contribution in [0.5, 0.6) is 0 Å². The largest absolute Gasteiger partial charge is 0.377 e. The van der Waals surface area contributed by atoms with Gasteiger partial charge in [0.2, 0.25) is 5.91 Å². The minimum Gasteiger partial charge on any atom is -0.377 e. The molecular weight excluding hydrogens is 240 g/mol. The number of carbonyl (C=O) groups excluding carboxylic acids is 1. The maximum Gasteiger partial charge on any atom is 0.240 e. The van der Waals surface area contributed by atoms with Crippen LogP contribution >= 0.6 is 12.4 Å². The second kappa shape index (κ2) is 7.27. The van der Waals surface area contributed by atoms with Crippen molar-refractivity contribution in [3.63, 3.8) is 0 Å². The molecule has 0 fully saturated rings. The van der Waals surface area contributed by atoms with Crippen molar-refractivity contribution in [1.82, 2.24) is 0 Å². The monoisotopic (exact) mass is 258 g/mol. The van der Waals surface area contributed by atoms with E-state index in [1.165, 1.54) is 0 Å². The Morgan fingerprint density at radius 3 is 2.59 bits per heavy atom. The number of amides is 1. The van der Waals surface area contributed by atoms with Crippen LogP contribution in [0.15, 0.2) is 24.3 Å². The van der Waals surface area contributed by atoms with Gasteiger partial charge in [0.05, 0.1) is 12.1 Å². The molecule has 1 aromatic rings. The van der Waals surface area contributed by atoms with Crippen molar-refractivity contribution in [2.45, 2.75) is 26.0 Å². The van der Waals surface area contributed by atoms with Gasteiger partial charge in [-0.05, 0) is 31.5 Å². The van der Waals surface area contributed by atoms with Crippen molar-refractivity contribution in [2.24, 2.45) is 5.73 Å². The highest BCUT2D eigenvalue weighted by Crippen LogP contribution is 2.19. The summed E-state index contributed by atoms with van der Waals surface area (Å²) in [6, 6.07) is 7.03. The van der Waals surface area contributed by atoms with Crippen molar-refractivity contribution in [2.75, 3.05) is 12.4 Å². The van der Waals surface area contributed by atoms with Crippen LogP contribution < -0.4 is 11.1 Å². The van der Waals surface area contributed by atoms with Crippen molar-refractivity contribution >= 4 is 24.0 Å². The minimum absolute atomic E-state index is 0. The Kier molecular flexibility index (Phi) is 6.80. The van der Waals surface area contributed by atoms with E-state index < -0.39 is 6.04 Å². The predicted octanol–water partition coefficient (Wildman–Crippen LogP) is 2.10. The maximum absolute atomic E-state index is 11.4. The summed E-state index contributed by atoms with van der Waals surface area (Å²) in [6.07, 6.45) is 0.00662. The number of ether oxygens (including phenoxy) is 1. The van der Waals surface area contributed by atoms with Gasteiger partial charge in [0.25, 0.3) is 0 Å². The Morgan fingerprint density at radius 1 is 1.41 bits per heavy atom. The molecule has 1 rings (SSSR count). The van der Waals surface area contributed by atoms with Gasteiger partial charge in [-0.3, -0.25) is 4.79 Å². The van der Waals surface area contributed by atoms with Gasteiger partial charge in [0, 0.05) is 12.8 Å². The molecule has 1 unspecified atom stereocenters.